The number of nitrogens with zero attached hydrogens (tertiary/aromatic N) is 2. The zero-order valence-electron chi connectivity index (χ0n) is 13.0. The Morgan fingerprint density at radius 3 is 2.57 bits per heavy atom. The Hall–Kier alpha value is -0.900. The van der Waals surface area contributed by atoms with E-state index in [0.717, 1.165) is 25.9 Å². The summed E-state index contributed by atoms with van der Waals surface area (Å²) in [6.07, 6.45) is 6.56. The van der Waals surface area contributed by atoms with Gasteiger partial charge in [-0.05, 0) is 25.5 Å². The number of likely N-dealkylation sites (tertiary alicyclic amines) is 1. The molecule has 3 aliphatic rings. The maximum atomic E-state index is 6.77. The summed E-state index contributed by atoms with van der Waals surface area (Å²) in [5.74, 6) is 0. The van der Waals surface area contributed by atoms with Gasteiger partial charge in [0.15, 0.2) is 0 Å². The number of piperidine rings is 2. The first-order valence-electron chi connectivity index (χ1n) is 8.47. The van der Waals surface area contributed by atoms with Crippen molar-refractivity contribution in [3.63, 3.8) is 0 Å². The minimum atomic E-state index is 0.0120. The van der Waals surface area contributed by atoms with Crippen LogP contribution in [0.3, 0.4) is 0 Å². The molecule has 1 spiro atoms. The molecule has 0 aromatic heterocycles. The van der Waals surface area contributed by atoms with Crippen molar-refractivity contribution >= 4 is 0 Å². The standard InChI is InChI=1S/C18H26N2O/c1-19-13-10-18(11-14-19)20-12-6-5-9-16(20)17(21-18)15-7-3-2-4-8-15/h2-4,7-8,16-17H,5-6,9-14H2,1H3/t16-,17+/m1/s1. The average Bonchev–Trinajstić information content (AvgIpc) is 2.87. The van der Waals surface area contributed by atoms with E-state index in [9.17, 15) is 0 Å². The van der Waals surface area contributed by atoms with Crippen molar-refractivity contribution < 1.29 is 4.74 Å². The fourth-order valence-electron chi connectivity index (χ4n) is 4.47. The van der Waals surface area contributed by atoms with E-state index in [1.807, 2.05) is 0 Å². The van der Waals surface area contributed by atoms with E-state index < -0.39 is 0 Å². The molecule has 0 saturated carbocycles. The quantitative estimate of drug-likeness (QED) is 0.789. The van der Waals surface area contributed by atoms with Crippen LogP contribution in [0.4, 0.5) is 0 Å². The van der Waals surface area contributed by atoms with Crippen LogP contribution in [0.5, 0.6) is 0 Å². The molecule has 3 saturated heterocycles. The molecule has 3 nitrogen and oxygen atoms in total. The highest BCUT2D eigenvalue weighted by molar-refractivity contribution is 5.22. The van der Waals surface area contributed by atoms with Gasteiger partial charge >= 0.3 is 0 Å². The lowest BCUT2D eigenvalue weighted by Gasteiger charge is -2.45. The molecule has 4 rings (SSSR count). The molecule has 3 fully saturated rings. The van der Waals surface area contributed by atoms with Crippen LogP contribution < -0.4 is 0 Å². The van der Waals surface area contributed by atoms with Crippen molar-refractivity contribution in [3.05, 3.63) is 35.9 Å². The molecule has 114 valence electrons. The summed E-state index contributed by atoms with van der Waals surface area (Å²) in [6.45, 7) is 3.53. The van der Waals surface area contributed by atoms with Gasteiger partial charge in [-0.3, -0.25) is 4.90 Å². The fourth-order valence-corrected chi connectivity index (χ4v) is 4.47. The second-order valence-electron chi connectivity index (χ2n) is 6.96. The molecule has 1 aromatic carbocycles. The smallest absolute Gasteiger partial charge is 0.125 e. The summed E-state index contributed by atoms with van der Waals surface area (Å²) in [7, 11) is 2.23. The van der Waals surface area contributed by atoms with Crippen molar-refractivity contribution in [2.24, 2.45) is 0 Å². The maximum absolute atomic E-state index is 6.77. The number of fused-ring (bicyclic) bond motifs is 2. The van der Waals surface area contributed by atoms with Crippen LogP contribution in [0.25, 0.3) is 0 Å². The van der Waals surface area contributed by atoms with E-state index in [1.54, 1.807) is 0 Å². The normalized spacial score (nSPS) is 33.2. The first-order chi connectivity index (χ1) is 10.3. The van der Waals surface area contributed by atoms with Crippen LogP contribution in [0.15, 0.2) is 30.3 Å². The summed E-state index contributed by atoms with van der Waals surface area (Å²) in [5, 5.41) is 0. The highest BCUT2D eigenvalue weighted by Crippen LogP contribution is 2.49. The van der Waals surface area contributed by atoms with E-state index in [1.165, 1.54) is 31.4 Å². The Morgan fingerprint density at radius 1 is 1.05 bits per heavy atom. The third-order valence-electron chi connectivity index (χ3n) is 5.66. The van der Waals surface area contributed by atoms with Gasteiger partial charge in [-0.25, -0.2) is 0 Å². The van der Waals surface area contributed by atoms with Crippen LogP contribution >= 0.6 is 0 Å². The Bertz CT molecular complexity index is 481. The third kappa shape index (κ3) is 2.32. The minimum Gasteiger partial charge on any atom is -0.351 e. The van der Waals surface area contributed by atoms with Gasteiger partial charge in [-0.2, -0.15) is 0 Å². The van der Waals surface area contributed by atoms with Crippen molar-refractivity contribution in [1.29, 1.82) is 0 Å². The molecular formula is C18H26N2O. The van der Waals surface area contributed by atoms with Crippen LogP contribution in [0.1, 0.15) is 43.8 Å². The van der Waals surface area contributed by atoms with Gasteiger partial charge in [0.1, 0.15) is 11.8 Å². The SMILES string of the molecule is CN1CCC2(CC1)O[C@@H](c1ccccc1)[C@H]1CCCCN12. The topological polar surface area (TPSA) is 15.7 Å². The van der Waals surface area contributed by atoms with Gasteiger partial charge in [0, 0.05) is 38.5 Å². The summed E-state index contributed by atoms with van der Waals surface area (Å²) >= 11 is 0. The van der Waals surface area contributed by atoms with E-state index in [4.69, 9.17) is 4.74 Å². The van der Waals surface area contributed by atoms with E-state index in [2.05, 4.69) is 47.2 Å². The molecule has 2 atom stereocenters. The van der Waals surface area contributed by atoms with E-state index in [0.29, 0.717) is 6.04 Å². The number of hydrogen-bond donors (Lipinski definition) is 0. The minimum absolute atomic E-state index is 0.0120. The fraction of sp³-hybridized carbons (Fsp3) is 0.667. The molecule has 0 aliphatic carbocycles. The summed E-state index contributed by atoms with van der Waals surface area (Å²) in [6, 6.07) is 11.5. The molecular weight excluding hydrogens is 260 g/mol. The highest BCUT2D eigenvalue weighted by Gasteiger charge is 2.54. The van der Waals surface area contributed by atoms with Crippen LogP contribution in [0.2, 0.25) is 0 Å². The predicted molar refractivity (Wildman–Crippen MR) is 84.1 cm³/mol. The molecule has 3 aliphatic heterocycles. The Morgan fingerprint density at radius 2 is 1.81 bits per heavy atom. The summed E-state index contributed by atoms with van der Waals surface area (Å²) < 4.78 is 6.77. The summed E-state index contributed by atoms with van der Waals surface area (Å²) in [4.78, 5) is 5.16. The van der Waals surface area contributed by atoms with E-state index in [-0.39, 0.29) is 11.8 Å². The molecule has 0 amide bonds. The third-order valence-corrected chi connectivity index (χ3v) is 5.66. The van der Waals surface area contributed by atoms with Crippen LogP contribution in [-0.4, -0.2) is 48.2 Å². The van der Waals surface area contributed by atoms with Crippen molar-refractivity contribution in [2.75, 3.05) is 26.7 Å². The largest absolute Gasteiger partial charge is 0.351 e. The van der Waals surface area contributed by atoms with Crippen molar-refractivity contribution in [2.45, 2.75) is 50.0 Å². The molecule has 21 heavy (non-hydrogen) atoms. The lowest BCUT2D eigenvalue weighted by atomic mass is 9.91. The number of ether oxygens (including phenoxy) is 1. The van der Waals surface area contributed by atoms with Gasteiger partial charge < -0.3 is 9.64 Å². The number of rotatable bonds is 1. The number of benzene rings is 1. The van der Waals surface area contributed by atoms with Crippen molar-refractivity contribution in [1.82, 2.24) is 9.80 Å². The highest BCUT2D eigenvalue weighted by atomic mass is 16.5. The van der Waals surface area contributed by atoms with Crippen molar-refractivity contribution in [3.8, 4) is 0 Å². The second-order valence-corrected chi connectivity index (χ2v) is 6.96. The first-order valence-corrected chi connectivity index (χ1v) is 8.47. The monoisotopic (exact) mass is 286 g/mol. The lowest BCUT2D eigenvalue weighted by Crippen LogP contribution is -2.55. The first kappa shape index (κ1) is 13.7. The summed E-state index contributed by atoms with van der Waals surface area (Å²) in [5.41, 5.74) is 1.38. The molecule has 0 bridgehead atoms. The zero-order valence-corrected chi connectivity index (χ0v) is 13.0. The van der Waals surface area contributed by atoms with E-state index >= 15 is 0 Å². The molecule has 0 radical (unpaired) electrons. The molecule has 3 heteroatoms. The van der Waals surface area contributed by atoms with Crippen LogP contribution in [-0.2, 0) is 4.74 Å². The van der Waals surface area contributed by atoms with Gasteiger partial charge in [-0.1, -0.05) is 36.8 Å². The average molecular weight is 286 g/mol. The zero-order chi connectivity index (χ0) is 14.3. The van der Waals surface area contributed by atoms with Gasteiger partial charge in [0.25, 0.3) is 0 Å². The molecule has 0 unspecified atom stereocenters. The Kier molecular flexibility index (Phi) is 3.52. The maximum Gasteiger partial charge on any atom is 0.125 e. The molecule has 1 aromatic rings. The Balaban J connectivity index is 1.65. The number of hydrogen-bond acceptors (Lipinski definition) is 3. The van der Waals surface area contributed by atoms with Crippen LogP contribution in [0, 0.1) is 0 Å². The Labute approximate surface area is 127 Å². The van der Waals surface area contributed by atoms with Gasteiger partial charge in [0.05, 0.1) is 0 Å². The second kappa shape index (κ2) is 5.38. The predicted octanol–water partition coefficient (Wildman–Crippen LogP) is 3.03. The van der Waals surface area contributed by atoms with Gasteiger partial charge in [0.2, 0.25) is 0 Å². The lowest BCUT2D eigenvalue weighted by molar-refractivity contribution is -0.138. The molecule has 0 N–H and O–H groups in total. The molecule has 3 heterocycles. The van der Waals surface area contributed by atoms with Gasteiger partial charge in [-0.15, -0.1) is 0 Å².